The van der Waals surface area contributed by atoms with Crippen molar-refractivity contribution in [1.29, 1.82) is 0 Å². The van der Waals surface area contributed by atoms with Crippen molar-refractivity contribution < 1.29 is 6.85 Å². The molecule has 0 bridgehead atoms. The molecular weight excluding hydrogens is 1430 g/mol. The van der Waals surface area contributed by atoms with Crippen LogP contribution in [0, 0.1) is 69.2 Å². The molecule has 6 nitrogen and oxygen atoms in total. The third kappa shape index (κ3) is 18.5. The van der Waals surface area contributed by atoms with Gasteiger partial charge in [-0.05, 0) is 181 Å². The van der Waals surface area contributed by atoms with Crippen molar-refractivity contribution >= 4 is 131 Å². The Balaban J connectivity index is 0.000000119. The van der Waals surface area contributed by atoms with E-state index in [9.17, 15) is 0 Å². The zero-order valence-electron chi connectivity index (χ0n) is 76.1. The first kappa shape index (κ1) is 75.7. The first-order valence-electron chi connectivity index (χ1n) is 43.0. The van der Waals surface area contributed by atoms with E-state index in [2.05, 4.69) is 460 Å². The lowest BCUT2D eigenvalue weighted by molar-refractivity contribution is 1.01. The van der Waals surface area contributed by atoms with E-state index in [0.29, 0.717) is 5.56 Å². The van der Waals surface area contributed by atoms with E-state index >= 15 is 0 Å². The van der Waals surface area contributed by atoms with Crippen LogP contribution in [0.25, 0.3) is 131 Å². The van der Waals surface area contributed by atoms with Gasteiger partial charge in [-0.25, -0.2) is 0 Å². The summed E-state index contributed by atoms with van der Waals surface area (Å²) in [6, 6.07) is 120. The number of fused-ring (bicyclic) bond motifs is 18. The lowest BCUT2D eigenvalue weighted by atomic mass is 10.1. The van der Waals surface area contributed by atoms with Gasteiger partial charge >= 0.3 is 0 Å². The van der Waals surface area contributed by atoms with Gasteiger partial charge in [-0.15, -0.1) is 0 Å². The second-order valence-corrected chi connectivity index (χ2v) is 30.5. The molecule has 0 radical (unpaired) electrons. The minimum Gasteiger partial charge on any atom is -0.344 e. The number of para-hydroxylation sites is 10. The molecule has 6 heteroatoms. The van der Waals surface area contributed by atoms with E-state index < -0.39 is 0 Å². The molecule has 0 fully saturated rings. The lowest BCUT2D eigenvalue weighted by Gasteiger charge is -2.00. The average molecular weight is 1550 g/mol. The van der Waals surface area contributed by atoms with Crippen molar-refractivity contribution in [3.05, 3.63) is 432 Å². The molecule has 0 amide bonds. The summed E-state index contributed by atoms with van der Waals surface area (Å²) in [6.45, 7) is 20.7. The number of hydrogen-bond donors (Lipinski definition) is 0. The molecule has 0 spiro atoms. The molecule has 0 aliphatic rings. The molecule has 118 heavy (non-hydrogen) atoms. The molecule has 0 unspecified atom stereocenters. The largest absolute Gasteiger partial charge is 0.344 e. The summed E-state index contributed by atoms with van der Waals surface area (Å²) in [7, 11) is 12.7. The Bertz CT molecular complexity index is 6880. The van der Waals surface area contributed by atoms with Gasteiger partial charge in [-0.1, -0.05) is 320 Å². The highest BCUT2D eigenvalue weighted by atomic mass is 15.0. The summed E-state index contributed by atoms with van der Waals surface area (Å²) < 4.78 is 49.8. The van der Waals surface area contributed by atoms with Crippen molar-refractivity contribution in [2.75, 3.05) is 0 Å². The first-order chi connectivity index (χ1) is 59.3. The SMILES string of the molecule is Cc1ccc2c(c1)c1ccccc1n2C.Cc1ccc2c3ccccc3n(C)c2c1.Cc1cccc(C)c1C.Cc1cccc2c3ccccc3n(C)c12.Cc1ccccc1.Cc1ccccc1C.Cn1c2ccccc2c2ccccc21.Cn1c2ccccc2c2ccccc21.Cn1c2ccccc2c2ccccc21.[2H]c1c([2H])c([2H])c(C)c([2H])c1[2H]. The van der Waals surface area contributed by atoms with Crippen LogP contribution in [-0.2, 0) is 42.3 Å². The van der Waals surface area contributed by atoms with Crippen LogP contribution in [0.3, 0.4) is 0 Å². The predicted molar refractivity (Wildman–Crippen MR) is 516 cm³/mol. The zero-order valence-corrected chi connectivity index (χ0v) is 71.1. The van der Waals surface area contributed by atoms with Gasteiger partial charge in [0.25, 0.3) is 0 Å². The number of aromatic nitrogens is 6. The Kier molecular flexibility index (Phi) is 24.5. The highest BCUT2D eigenvalue weighted by molar-refractivity contribution is 6.12. The molecule has 16 aromatic carbocycles. The van der Waals surface area contributed by atoms with E-state index in [1.807, 2.05) is 18.2 Å². The van der Waals surface area contributed by atoms with E-state index in [1.54, 1.807) is 0 Å². The fourth-order valence-corrected chi connectivity index (χ4v) is 15.7. The number of aryl methyl sites for hydroxylation is 14. The summed E-state index contributed by atoms with van der Waals surface area (Å²) in [5, 5.41) is 16.1. The molecule has 0 atom stereocenters. The van der Waals surface area contributed by atoms with Gasteiger partial charge in [-0.3, -0.25) is 0 Å². The maximum Gasteiger partial charge on any atom is 0.0625 e. The van der Waals surface area contributed by atoms with Crippen molar-refractivity contribution in [1.82, 2.24) is 27.4 Å². The van der Waals surface area contributed by atoms with Crippen LogP contribution in [0.1, 0.15) is 62.5 Å². The maximum absolute atomic E-state index is 7.31. The maximum atomic E-state index is 7.31. The van der Waals surface area contributed by atoms with E-state index in [-0.39, 0.29) is 30.2 Å². The number of hydrogen-bond acceptors (Lipinski definition) is 0. The monoisotopic (exact) mass is 1540 g/mol. The van der Waals surface area contributed by atoms with Crippen LogP contribution in [0.2, 0.25) is 0 Å². The molecule has 6 aromatic heterocycles. The van der Waals surface area contributed by atoms with Crippen molar-refractivity contribution in [2.24, 2.45) is 42.3 Å². The van der Waals surface area contributed by atoms with Gasteiger partial charge in [0.05, 0.1) is 12.4 Å². The summed E-state index contributed by atoms with van der Waals surface area (Å²) in [5.74, 6) is 0. The van der Waals surface area contributed by atoms with Crippen LogP contribution < -0.4 is 0 Å². The Labute approximate surface area is 704 Å². The van der Waals surface area contributed by atoms with Gasteiger partial charge in [0.15, 0.2) is 0 Å². The summed E-state index contributed by atoms with van der Waals surface area (Å²) in [6.07, 6.45) is 0. The highest BCUT2D eigenvalue weighted by Gasteiger charge is 2.12. The summed E-state index contributed by atoms with van der Waals surface area (Å²) in [4.78, 5) is 0. The Morgan fingerprint density at radius 3 is 0.771 bits per heavy atom. The number of benzene rings is 16. The fraction of sp³-hybridized carbons (Fsp3) is 0.143. The van der Waals surface area contributed by atoms with Crippen molar-refractivity contribution in [2.45, 2.75) is 69.2 Å². The van der Waals surface area contributed by atoms with Crippen LogP contribution in [0.5, 0.6) is 0 Å². The van der Waals surface area contributed by atoms with Gasteiger partial charge in [0, 0.05) is 168 Å². The summed E-state index contributed by atoms with van der Waals surface area (Å²) in [5.41, 5.74) is 28.2. The summed E-state index contributed by atoms with van der Waals surface area (Å²) >= 11 is 0. The van der Waals surface area contributed by atoms with E-state index in [4.69, 9.17) is 6.85 Å². The minimum absolute atomic E-state index is 0.124. The molecule has 588 valence electrons. The van der Waals surface area contributed by atoms with Gasteiger partial charge in [-0.2, -0.15) is 0 Å². The molecule has 6 heterocycles. The van der Waals surface area contributed by atoms with Crippen molar-refractivity contribution in [3.63, 3.8) is 0 Å². The minimum atomic E-state index is -0.337. The Hall–Kier alpha value is -13.7. The van der Waals surface area contributed by atoms with Crippen molar-refractivity contribution in [3.8, 4) is 0 Å². The van der Waals surface area contributed by atoms with Crippen LogP contribution in [-0.4, -0.2) is 27.4 Å². The van der Waals surface area contributed by atoms with Gasteiger partial charge in [0.1, 0.15) is 0 Å². The molecule has 22 aromatic rings. The first-order valence-corrected chi connectivity index (χ1v) is 40.5. The predicted octanol–water partition coefficient (Wildman–Crippen LogP) is 29.8. The highest BCUT2D eigenvalue weighted by Crippen LogP contribution is 2.34. The van der Waals surface area contributed by atoms with Crippen LogP contribution in [0.15, 0.2) is 376 Å². The normalized spacial score (nSPS) is 11.3. The molecular formula is C112H110N6. The quantitative estimate of drug-likeness (QED) is 0.145. The molecule has 0 N–H and O–H groups in total. The molecule has 0 saturated carbocycles. The van der Waals surface area contributed by atoms with Gasteiger partial charge < -0.3 is 27.4 Å². The Morgan fingerprint density at radius 1 is 0.169 bits per heavy atom. The number of rotatable bonds is 0. The Morgan fingerprint density at radius 2 is 0.424 bits per heavy atom. The molecule has 22 rings (SSSR count). The van der Waals surface area contributed by atoms with Crippen LogP contribution >= 0.6 is 0 Å². The molecule has 0 aliphatic heterocycles. The third-order valence-corrected chi connectivity index (χ3v) is 22.6. The van der Waals surface area contributed by atoms with Crippen LogP contribution in [0.4, 0.5) is 0 Å². The van der Waals surface area contributed by atoms with Gasteiger partial charge in [0.2, 0.25) is 0 Å². The second-order valence-electron chi connectivity index (χ2n) is 30.5. The topological polar surface area (TPSA) is 29.6 Å². The lowest BCUT2D eigenvalue weighted by Crippen LogP contribution is -1.88. The smallest absolute Gasteiger partial charge is 0.0625 e. The number of nitrogens with zero attached hydrogens (tertiary/aromatic N) is 6. The second kappa shape index (κ2) is 38.2. The molecule has 0 saturated heterocycles. The van der Waals surface area contributed by atoms with E-state index in [1.165, 1.54) is 188 Å². The fourth-order valence-electron chi connectivity index (χ4n) is 15.7. The van der Waals surface area contributed by atoms with E-state index in [0.717, 1.165) is 0 Å². The molecule has 0 aliphatic carbocycles. The standard InChI is InChI=1S/3C14H13N.3C13H11N.C9H12.C8H10.2C7H8/c1-10-6-5-8-12-11-7-3-4-9-13(11)15(2)14(10)12;1-10-7-8-14-12(9-10)11-5-3-4-6-13(11)15(14)2;1-10-7-8-12-11-5-3-4-6-13(11)15(2)14(12)9-10;3*1-14-12-8-4-2-6-10(12)11-7-3-5-9-13(11)14;1-7-5-4-6-8(2)9(7)3;1-7-5-3-4-6-8(7)2;2*1-7-5-3-2-4-6-7/h3*3-9H,1-2H3;3*2-9H,1H3;4-6H,1-3H3;3-6H,1-2H3;2*2-6H,1H3/i;;;;;;;;2D,3D,4D,5D,6D;. The zero-order chi connectivity index (χ0) is 87.3. The average Bonchev–Trinajstić information content (AvgIpc) is 1.62. The third-order valence-electron chi connectivity index (χ3n) is 22.6.